The van der Waals surface area contributed by atoms with Gasteiger partial charge in [0.05, 0.1) is 0 Å². The Hall–Kier alpha value is -1.36. The summed E-state index contributed by atoms with van der Waals surface area (Å²) >= 11 is 0. The monoisotopic (exact) mass is 238 g/mol. The van der Waals surface area contributed by atoms with Crippen molar-refractivity contribution < 1.29 is 4.74 Å². The number of anilines is 2. The lowest BCUT2D eigenvalue weighted by Crippen LogP contribution is -2.09. The molecule has 0 amide bonds. The average Bonchev–Trinajstić information content (AvgIpc) is 2.34. The van der Waals surface area contributed by atoms with Gasteiger partial charge in [-0.2, -0.15) is 0 Å². The lowest BCUT2D eigenvalue weighted by molar-refractivity contribution is 0.197. The number of rotatable bonds is 7. The standard InChI is InChI=1S/C12H22N4O/c1-9(2)12-15-10(13-3)8-11(16-12)14-6-5-7-17-4/h8-9H,5-7H2,1-4H3,(H2,13,14,15,16). The predicted octanol–water partition coefficient (Wildman–Crippen LogP) is 2.09. The van der Waals surface area contributed by atoms with Gasteiger partial charge in [0.1, 0.15) is 17.5 Å². The number of methoxy groups -OCH3 is 1. The van der Waals surface area contributed by atoms with Gasteiger partial charge in [-0.1, -0.05) is 13.8 Å². The van der Waals surface area contributed by atoms with Gasteiger partial charge in [-0.05, 0) is 6.42 Å². The van der Waals surface area contributed by atoms with E-state index in [0.29, 0.717) is 5.92 Å². The van der Waals surface area contributed by atoms with Crippen LogP contribution >= 0.6 is 0 Å². The zero-order valence-electron chi connectivity index (χ0n) is 11.1. The molecule has 0 aromatic carbocycles. The van der Waals surface area contributed by atoms with Crippen LogP contribution in [-0.4, -0.2) is 37.3 Å². The summed E-state index contributed by atoms with van der Waals surface area (Å²) in [6.45, 7) is 5.78. The largest absolute Gasteiger partial charge is 0.385 e. The summed E-state index contributed by atoms with van der Waals surface area (Å²) in [5.74, 6) is 2.89. The molecule has 5 heteroatoms. The quantitative estimate of drug-likeness (QED) is 0.712. The Bertz CT molecular complexity index is 341. The Morgan fingerprint density at radius 3 is 2.59 bits per heavy atom. The van der Waals surface area contributed by atoms with Gasteiger partial charge in [0.2, 0.25) is 0 Å². The zero-order chi connectivity index (χ0) is 12.7. The van der Waals surface area contributed by atoms with Crippen molar-refractivity contribution in [3.05, 3.63) is 11.9 Å². The molecule has 0 aliphatic heterocycles. The second kappa shape index (κ2) is 7.06. The van der Waals surface area contributed by atoms with Crippen molar-refractivity contribution in [1.82, 2.24) is 9.97 Å². The summed E-state index contributed by atoms with van der Waals surface area (Å²) in [7, 11) is 3.57. The van der Waals surface area contributed by atoms with Crippen LogP contribution in [0.2, 0.25) is 0 Å². The molecule has 0 atom stereocenters. The Balaban J connectivity index is 2.66. The Kier molecular flexibility index (Phi) is 5.69. The van der Waals surface area contributed by atoms with Gasteiger partial charge in [0.15, 0.2) is 0 Å². The molecule has 17 heavy (non-hydrogen) atoms. The summed E-state index contributed by atoms with van der Waals surface area (Å²) in [5, 5.41) is 6.33. The highest BCUT2D eigenvalue weighted by Crippen LogP contribution is 2.16. The van der Waals surface area contributed by atoms with Crippen molar-refractivity contribution in [3.63, 3.8) is 0 Å². The highest BCUT2D eigenvalue weighted by Gasteiger charge is 2.06. The second-order valence-corrected chi connectivity index (χ2v) is 4.17. The van der Waals surface area contributed by atoms with Crippen LogP contribution in [0.1, 0.15) is 32.0 Å². The zero-order valence-corrected chi connectivity index (χ0v) is 11.1. The molecule has 0 unspecified atom stereocenters. The molecule has 1 rings (SSSR count). The van der Waals surface area contributed by atoms with E-state index in [1.807, 2.05) is 13.1 Å². The van der Waals surface area contributed by atoms with Gasteiger partial charge < -0.3 is 15.4 Å². The molecule has 0 aliphatic carbocycles. The van der Waals surface area contributed by atoms with E-state index in [9.17, 15) is 0 Å². The number of ether oxygens (including phenoxy) is 1. The maximum absolute atomic E-state index is 5.00. The smallest absolute Gasteiger partial charge is 0.135 e. The van der Waals surface area contributed by atoms with E-state index in [1.54, 1.807) is 7.11 Å². The second-order valence-electron chi connectivity index (χ2n) is 4.17. The molecule has 0 radical (unpaired) electrons. The van der Waals surface area contributed by atoms with E-state index < -0.39 is 0 Å². The highest BCUT2D eigenvalue weighted by atomic mass is 16.5. The maximum atomic E-state index is 5.00. The van der Waals surface area contributed by atoms with Crippen molar-refractivity contribution in [2.24, 2.45) is 0 Å². The summed E-state index contributed by atoms with van der Waals surface area (Å²) < 4.78 is 5.00. The van der Waals surface area contributed by atoms with Crippen LogP contribution in [0.25, 0.3) is 0 Å². The first kappa shape index (κ1) is 13.7. The van der Waals surface area contributed by atoms with Gasteiger partial charge in [-0.15, -0.1) is 0 Å². The first-order valence-electron chi connectivity index (χ1n) is 5.97. The van der Waals surface area contributed by atoms with Crippen LogP contribution in [0.4, 0.5) is 11.6 Å². The van der Waals surface area contributed by atoms with E-state index in [-0.39, 0.29) is 0 Å². The average molecular weight is 238 g/mol. The van der Waals surface area contributed by atoms with Crippen LogP contribution in [0.15, 0.2) is 6.07 Å². The number of hydrogen-bond acceptors (Lipinski definition) is 5. The normalized spacial score (nSPS) is 10.6. The van der Waals surface area contributed by atoms with E-state index in [1.165, 1.54) is 0 Å². The van der Waals surface area contributed by atoms with E-state index in [2.05, 4.69) is 34.4 Å². The number of hydrogen-bond donors (Lipinski definition) is 2. The molecule has 0 aliphatic rings. The number of aromatic nitrogens is 2. The molecular formula is C12H22N4O. The van der Waals surface area contributed by atoms with Gasteiger partial charge in [-0.3, -0.25) is 0 Å². The van der Waals surface area contributed by atoms with Crippen LogP contribution < -0.4 is 10.6 Å². The molecule has 5 nitrogen and oxygen atoms in total. The topological polar surface area (TPSA) is 59.1 Å². The Morgan fingerprint density at radius 2 is 2.00 bits per heavy atom. The molecule has 1 heterocycles. The van der Waals surface area contributed by atoms with Crippen LogP contribution in [0.3, 0.4) is 0 Å². The molecule has 1 aromatic heterocycles. The Labute approximate surface area is 103 Å². The molecule has 0 saturated carbocycles. The van der Waals surface area contributed by atoms with Gasteiger partial charge in [0, 0.05) is 39.3 Å². The van der Waals surface area contributed by atoms with Crippen molar-refractivity contribution in [1.29, 1.82) is 0 Å². The fourth-order valence-corrected chi connectivity index (χ4v) is 1.38. The van der Waals surface area contributed by atoms with E-state index in [4.69, 9.17) is 4.74 Å². The van der Waals surface area contributed by atoms with Crippen LogP contribution in [-0.2, 0) is 4.74 Å². The first-order chi connectivity index (χ1) is 8.17. The molecular weight excluding hydrogens is 216 g/mol. The predicted molar refractivity (Wildman–Crippen MR) is 70.7 cm³/mol. The van der Waals surface area contributed by atoms with Crippen molar-refractivity contribution >= 4 is 11.6 Å². The minimum atomic E-state index is 0.322. The maximum Gasteiger partial charge on any atom is 0.135 e. The fourth-order valence-electron chi connectivity index (χ4n) is 1.38. The molecule has 96 valence electrons. The number of nitrogens with one attached hydrogen (secondary N) is 2. The van der Waals surface area contributed by atoms with Gasteiger partial charge in [0.25, 0.3) is 0 Å². The van der Waals surface area contributed by atoms with Gasteiger partial charge in [-0.25, -0.2) is 9.97 Å². The molecule has 0 bridgehead atoms. The highest BCUT2D eigenvalue weighted by molar-refractivity contribution is 5.47. The van der Waals surface area contributed by atoms with Crippen LogP contribution in [0.5, 0.6) is 0 Å². The Morgan fingerprint density at radius 1 is 1.29 bits per heavy atom. The molecule has 0 saturated heterocycles. The molecule has 0 spiro atoms. The summed E-state index contributed by atoms with van der Waals surface area (Å²) in [5.41, 5.74) is 0. The van der Waals surface area contributed by atoms with Crippen molar-refractivity contribution in [3.8, 4) is 0 Å². The van der Waals surface area contributed by atoms with E-state index in [0.717, 1.165) is 37.0 Å². The molecule has 2 N–H and O–H groups in total. The van der Waals surface area contributed by atoms with Crippen LogP contribution in [0, 0.1) is 0 Å². The summed E-state index contributed by atoms with van der Waals surface area (Å²) in [6.07, 6.45) is 0.965. The van der Waals surface area contributed by atoms with E-state index >= 15 is 0 Å². The third kappa shape index (κ3) is 4.56. The van der Waals surface area contributed by atoms with Crippen molar-refractivity contribution in [2.75, 3.05) is 37.9 Å². The minimum Gasteiger partial charge on any atom is -0.385 e. The minimum absolute atomic E-state index is 0.322. The fraction of sp³-hybridized carbons (Fsp3) is 0.667. The first-order valence-corrected chi connectivity index (χ1v) is 5.97. The third-order valence-corrected chi connectivity index (χ3v) is 2.35. The van der Waals surface area contributed by atoms with Crippen molar-refractivity contribution in [2.45, 2.75) is 26.2 Å². The lowest BCUT2D eigenvalue weighted by atomic mass is 10.2. The lowest BCUT2D eigenvalue weighted by Gasteiger charge is -2.11. The number of nitrogens with zero attached hydrogens (tertiary/aromatic N) is 2. The third-order valence-electron chi connectivity index (χ3n) is 2.35. The van der Waals surface area contributed by atoms with Gasteiger partial charge >= 0.3 is 0 Å². The molecule has 1 aromatic rings. The molecule has 0 fully saturated rings. The summed E-state index contributed by atoms with van der Waals surface area (Å²) in [6, 6.07) is 1.92. The SMILES string of the molecule is CNc1cc(NCCCOC)nc(C(C)C)n1. The summed E-state index contributed by atoms with van der Waals surface area (Å²) in [4.78, 5) is 8.88.